The van der Waals surface area contributed by atoms with Crippen LogP contribution in [0.5, 0.6) is 0 Å². The molecule has 0 saturated carbocycles. The van der Waals surface area contributed by atoms with Crippen molar-refractivity contribution in [2.75, 3.05) is 11.7 Å². The summed E-state index contributed by atoms with van der Waals surface area (Å²) in [6, 6.07) is 20.6. The Morgan fingerprint density at radius 3 is 1.36 bits per heavy atom. The van der Waals surface area contributed by atoms with E-state index in [1.165, 1.54) is 0 Å². The van der Waals surface area contributed by atoms with Crippen LogP contribution < -0.4 is 11.7 Å². The Kier molecular flexibility index (Phi) is 1.96. The quantitative estimate of drug-likeness (QED) is 0.429. The molecule has 0 amide bonds. The molecule has 0 aliphatic rings. The molecule has 0 fully saturated rings. The molecule has 2 aromatic heterocycles. The standard InChI is InChI=1S/C18H14N4/c19-21-15-7-3-1-5-11(15)13-9-10-14-12-6-2-4-8-16(12)22(20)18(14)17(13)21/h1-10H,19-20H2. The van der Waals surface area contributed by atoms with Gasteiger partial charge < -0.3 is 11.7 Å². The Labute approximate surface area is 126 Å². The van der Waals surface area contributed by atoms with Crippen molar-refractivity contribution in [3.05, 3.63) is 60.7 Å². The lowest BCUT2D eigenvalue weighted by Crippen LogP contribution is -2.11. The van der Waals surface area contributed by atoms with Gasteiger partial charge in [0.2, 0.25) is 0 Å². The molecule has 2 heterocycles. The molecule has 5 aromatic rings. The molecule has 4 N–H and O–H groups in total. The molecule has 0 aliphatic heterocycles. The summed E-state index contributed by atoms with van der Waals surface area (Å²) in [5, 5.41) is 4.54. The summed E-state index contributed by atoms with van der Waals surface area (Å²) in [4.78, 5) is 0. The Hall–Kier alpha value is -3.14. The van der Waals surface area contributed by atoms with Crippen molar-refractivity contribution < 1.29 is 0 Å². The van der Waals surface area contributed by atoms with Gasteiger partial charge in [0.1, 0.15) is 0 Å². The first-order valence-corrected chi connectivity index (χ1v) is 7.23. The molecule has 0 spiro atoms. The van der Waals surface area contributed by atoms with Crippen LogP contribution in [0.1, 0.15) is 0 Å². The second-order valence-corrected chi connectivity index (χ2v) is 5.63. The third kappa shape index (κ3) is 1.18. The number of hydrogen-bond donors (Lipinski definition) is 2. The third-order valence-corrected chi connectivity index (χ3v) is 4.54. The van der Waals surface area contributed by atoms with Crippen LogP contribution in [0.4, 0.5) is 0 Å². The molecule has 0 aliphatic carbocycles. The van der Waals surface area contributed by atoms with Crippen LogP contribution in [0.3, 0.4) is 0 Å². The van der Waals surface area contributed by atoms with E-state index in [4.69, 9.17) is 11.7 Å². The number of nitrogens with two attached hydrogens (primary N) is 2. The molecule has 0 atom stereocenters. The fourth-order valence-corrected chi connectivity index (χ4v) is 3.57. The molecule has 5 rings (SSSR count). The van der Waals surface area contributed by atoms with E-state index in [2.05, 4.69) is 24.3 Å². The van der Waals surface area contributed by atoms with Crippen molar-refractivity contribution in [1.29, 1.82) is 0 Å². The number of nitrogen functional groups attached to an aromatic ring is 2. The number of para-hydroxylation sites is 2. The lowest BCUT2D eigenvalue weighted by Gasteiger charge is -2.03. The Morgan fingerprint density at radius 1 is 0.500 bits per heavy atom. The second kappa shape index (κ2) is 3.74. The molecule has 0 saturated heterocycles. The molecule has 0 bridgehead atoms. The van der Waals surface area contributed by atoms with Crippen LogP contribution in [-0.2, 0) is 0 Å². The summed E-state index contributed by atoms with van der Waals surface area (Å²) >= 11 is 0. The third-order valence-electron chi connectivity index (χ3n) is 4.54. The summed E-state index contributed by atoms with van der Waals surface area (Å²) < 4.78 is 3.49. The minimum atomic E-state index is 0.970. The Balaban J connectivity index is 2.18. The van der Waals surface area contributed by atoms with E-state index in [1.54, 1.807) is 9.35 Å². The van der Waals surface area contributed by atoms with Gasteiger partial charge in [0, 0.05) is 21.5 Å². The van der Waals surface area contributed by atoms with Crippen molar-refractivity contribution >= 4 is 43.6 Å². The Morgan fingerprint density at radius 2 is 0.909 bits per heavy atom. The van der Waals surface area contributed by atoms with Crippen molar-refractivity contribution in [2.45, 2.75) is 0 Å². The molecular weight excluding hydrogens is 272 g/mol. The van der Waals surface area contributed by atoms with Gasteiger partial charge in [0.25, 0.3) is 0 Å². The molecule has 4 nitrogen and oxygen atoms in total. The van der Waals surface area contributed by atoms with Gasteiger partial charge in [0.05, 0.1) is 22.1 Å². The molecule has 3 aromatic carbocycles. The van der Waals surface area contributed by atoms with Crippen LogP contribution in [-0.4, -0.2) is 9.35 Å². The van der Waals surface area contributed by atoms with Crippen LogP contribution in [0.25, 0.3) is 43.6 Å². The molecular formula is C18H14N4. The second-order valence-electron chi connectivity index (χ2n) is 5.63. The number of fused-ring (bicyclic) bond motifs is 7. The normalized spacial score (nSPS) is 12.0. The number of rotatable bonds is 0. The van der Waals surface area contributed by atoms with Gasteiger partial charge in [-0.15, -0.1) is 0 Å². The zero-order valence-electron chi connectivity index (χ0n) is 11.8. The fraction of sp³-hybridized carbons (Fsp3) is 0. The first-order chi connectivity index (χ1) is 10.8. The highest BCUT2D eigenvalue weighted by molar-refractivity contribution is 6.22. The van der Waals surface area contributed by atoms with Crippen LogP contribution in [0.15, 0.2) is 60.7 Å². The maximum absolute atomic E-state index is 6.38. The summed E-state index contributed by atoms with van der Waals surface area (Å²) in [7, 11) is 0. The van der Waals surface area contributed by atoms with Crippen molar-refractivity contribution in [1.82, 2.24) is 9.35 Å². The van der Waals surface area contributed by atoms with Gasteiger partial charge in [-0.1, -0.05) is 48.5 Å². The minimum Gasteiger partial charge on any atom is -0.338 e. The number of nitrogens with zero attached hydrogens (tertiary/aromatic N) is 2. The topological polar surface area (TPSA) is 61.9 Å². The number of hydrogen-bond acceptors (Lipinski definition) is 2. The number of benzene rings is 3. The zero-order chi connectivity index (χ0) is 14.8. The smallest absolute Gasteiger partial charge is 0.0966 e. The van der Waals surface area contributed by atoms with E-state index < -0.39 is 0 Å². The number of aromatic nitrogens is 2. The van der Waals surface area contributed by atoms with E-state index in [9.17, 15) is 0 Å². The lowest BCUT2D eigenvalue weighted by atomic mass is 10.1. The van der Waals surface area contributed by atoms with Crippen molar-refractivity contribution in [2.24, 2.45) is 0 Å². The SMILES string of the molecule is Nn1c2ccccc2c2ccc3c4ccccc4n(N)c3c21. The van der Waals surface area contributed by atoms with E-state index in [0.29, 0.717) is 0 Å². The molecule has 0 unspecified atom stereocenters. The van der Waals surface area contributed by atoms with Gasteiger partial charge in [-0.3, -0.25) is 9.35 Å². The largest absolute Gasteiger partial charge is 0.338 e. The summed E-state index contributed by atoms with van der Waals surface area (Å²) in [5.41, 5.74) is 3.96. The maximum Gasteiger partial charge on any atom is 0.0966 e. The average Bonchev–Trinajstić information content (AvgIpc) is 3.02. The van der Waals surface area contributed by atoms with Crippen LogP contribution in [0.2, 0.25) is 0 Å². The molecule has 0 radical (unpaired) electrons. The minimum absolute atomic E-state index is 0.970. The summed E-state index contributed by atoms with van der Waals surface area (Å²) in [5.74, 6) is 12.8. The van der Waals surface area contributed by atoms with Crippen molar-refractivity contribution in [3.8, 4) is 0 Å². The maximum atomic E-state index is 6.38. The summed E-state index contributed by atoms with van der Waals surface area (Å²) in [6.07, 6.45) is 0. The Bertz CT molecular complexity index is 1100. The fourth-order valence-electron chi connectivity index (χ4n) is 3.57. The first-order valence-electron chi connectivity index (χ1n) is 7.23. The van der Waals surface area contributed by atoms with E-state index in [0.717, 1.165) is 43.6 Å². The van der Waals surface area contributed by atoms with Gasteiger partial charge in [0.15, 0.2) is 0 Å². The first kappa shape index (κ1) is 11.5. The lowest BCUT2D eigenvalue weighted by molar-refractivity contribution is 1.09. The molecule has 4 heteroatoms. The molecule has 22 heavy (non-hydrogen) atoms. The predicted octanol–water partition coefficient (Wildman–Crippen LogP) is 3.33. The van der Waals surface area contributed by atoms with Crippen LogP contribution >= 0.6 is 0 Å². The average molecular weight is 286 g/mol. The highest BCUT2D eigenvalue weighted by Gasteiger charge is 2.16. The van der Waals surface area contributed by atoms with E-state index in [-0.39, 0.29) is 0 Å². The van der Waals surface area contributed by atoms with Crippen LogP contribution in [0, 0.1) is 0 Å². The van der Waals surface area contributed by atoms with Gasteiger partial charge >= 0.3 is 0 Å². The highest BCUT2D eigenvalue weighted by atomic mass is 15.3. The predicted molar refractivity (Wildman–Crippen MR) is 92.7 cm³/mol. The monoisotopic (exact) mass is 286 g/mol. The summed E-state index contributed by atoms with van der Waals surface area (Å²) in [6.45, 7) is 0. The zero-order valence-corrected chi connectivity index (χ0v) is 11.8. The highest BCUT2D eigenvalue weighted by Crippen LogP contribution is 2.36. The van der Waals surface area contributed by atoms with Gasteiger partial charge in [-0.25, -0.2) is 0 Å². The van der Waals surface area contributed by atoms with E-state index >= 15 is 0 Å². The van der Waals surface area contributed by atoms with Gasteiger partial charge in [-0.05, 0) is 12.1 Å². The van der Waals surface area contributed by atoms with E-state index in [1.807, 2.05) is 36.4 Å². The molecule has 106 valence electrons. The van der Waals surface area contributed by atoms with Gasteiger partial charge in [-0.2, -0.15) is 0 Å². The van der Waals surface area contributed by atoms with Crippen molar-refractivity contribution in [3.63, 3.8) is 0 Å².